The van der Waals surface area contributed by atoms with E-state index in [1.807, 2.05) is 18.0 Å². The van der Waals surface area contributed by atoms with Crippen molar-refractivity contribution in [2.24, 2.45) is 0 Å². The molecule has 0 saturated carbocycles. The van der Waals surface area contributed by atoms with E-state index in [0.29, 0.717) is 4.47 Å². The Labute approximate surface area is 110 Å². The third-order valence-electron chi connectivity index (χ3n) is 2.27. The van der Waals surface area contributed by atoms with Crippen molar-refractivity contribution in [3.05, 3.63) is 15.5 Å². The number of nitrogens with zero attached hydrogens (tertiary/aromatic N) is 1. The smallest absolute Gasteiger partial charge is 0.183 e. The van der Waals surface area contributed by atoms with Gasteiger partial charge in [-0.2, -0.15) is 11.8 Å². The van der Waals surface area contributed by atoms with Gasteiger partial charge in [0.2, 0.25) is 0 Å². The molecule has 1 fully saturated rings. The van der Waals surface area contributed by atoms with Crippen molar-refractivity contribution in [1.29, 1.82) is 0 Å². The molecule has 2 nitrogen and oxygen atoms in total. The van der Waals surface area contributed by atoms with Crippen LogP contribution in [-0.2, 0) is 5.75 Å². The third kappa shape index (κ3) is 4.49. The molecule has 86 valence electrons. The van der Waals surface area contributed by atoms with E-state index in [4.69, 9.17) is 11.6 Å². The van der Waals surface area contributed by atoms with Crippen LogP contribution in [0.15, 0.2) is 6.20 Å². The number of halogens is 2. The van der Waals surface area contributed by atoms with Crippen LogP contribution in [0.2, 0.25) is 4.47 Å². The van der Waals surface area contributed by atoms with Gasteiger partial charge in [0.1, 0.15) is 0 Å². The molecule has 15 heavy (non-hydrogen) atoms. The fourth-order valence-corrected chi connectivity index (χ4v) is 3.77. The molecule has 0 amide bonds. The molecule has 0 bridgehead atoms. The van der Waals surface area contributed by atoms with Crippen LogP contribution in [0.5, 0.6) is 0 Å². The van der Waals surface area contributed by atoms with Crippen LogP contribution in [0.1, 0.15) is 17.7 Å². The average Bonchev–Trinajstić information content (AvgIpc) is 2.63. The maximum atomic E-state index is 5.77. The molecule has 0 atom stereocenters. The summed E-state index contributed by atoms with van der Waals surface area (Å²) in [6, 6.07) is 0. The number of thioether (sulfide) groups is 1. The van der Waals surface area contributed by atoms with Gasteiger partial charge < -0.3 is 5.32 Å². The lowest BCUT2D eigenvalue weighted by atomic mass is 10.2. The summed E-state index contributed by atoms with van der Waals surface area (Å²) in [5, 5.41) is 4.19. The first-order valence-electron chi connectivity index (χ1n) is 4.77. The summed E-state index contributed by atoms with van der Waals surface area (Å²) in [7, 11) is 0. The molecular formula is C9H14Cl2N2S2. The van der Waals surface area contributed by atoms with Crippen LogP contribution in [0.25, 0.3) is 0 Å². The largest absolute Gasteiger partial charge is 0.317 e. The van der Waals surface area contributed by atoms with Crippen molar-refractivity contribution in [2.45, 2.75) is 23.8 Å². The first-order valence-corrected chi connectivity index (χ1v) is 7.01. The molecule has 1 N–H and O–H groups in total. The quantitative estimate of drug-likeness (QED) is 0.923. The summed E-state index contributed by atoms with van der Waals surface area (Å²) < 4.78 is 0.658. The topological polar surface area (TPSA) is 24.9 Å². The predicted molar refractivity (Wildman–Crippen MR) is 71.6 cm³/mol. The molecule has 0 unspecified atom stereocenters. The number of hydrogen-bond acceptors (Lipinski definition) is 4. The van der Waals surface area contributed by atoms with Crippen LogP contribution in [0, 0.1) is 0 Å². The van der Waals surface area contributed by atoms with E-state index in [-0.39, 0.29) is 12.4 Å². The van der Waals surface area contributed by atoms with Crippen molar-refractivity contribution >= 4 is 47.1 Å². The van der Waals surface area contributed by atoms with Crippen molar-refractivity contribution < 1.29 is 0 Å². The second kappa shape index (κ2) is 6.97. The average molecular weight is 285 g/mol. The highest BCUT2D eigenvalue weighted by Crippen LogP contribution is 2.27. The molecule has 1 saturated heterocycles. The Hall–Kier alpha value is 0.520. The molecule has 1 aliphatic rings. The van der Waals surface area contributed by atoms with Gasteiger partial charge in [0, 0.05) is 22.1 Å². The van der Waals surface area contributed by atoms with Gasteiger partial charge in [0.15, 0.2) is 4.47 Å². The first kappa shape index (κ1) is 13.6. The maximum absolute atomic E-state index is 5.77. The molecule has 6 heteroatoms. The van der Waals surface area contributed by atoms with Gasteiger partial charge in [-0.3, -0.25) is 0 Å². The van der Waals surface area contributed by atoms with Crippen LogP contribution in [0.3, 0.4) is 0 Å². The lowest BCUT2D eigenvalue weighted by molar-refractivity contribution is 0.531. The Morgan fingerprint density at radius 1 is 1.53 bits per heavy atom. The normalized spacial score (nSPS) is 17.4. The van der Waals surface area contributed by atoms with Crippen molar-refractivity contribution in [3.8, 4) is 0 Å². The Morgan fingerprint density at radius 3 is 2.87 bits per heavy atom. The second-order valence-electron chi connectivity index (χ2n) is 3.34. The zero-order valence-corrected chi connectivity index (χ0v) is 11.4. The minimum Gasteiger partial charge on any atom is -0.317 e. The van der Waals surface area contributed by atoms with Gasteiger partial charge in [-0.25, -0.2) is 4.98 Å². The van der Waals surface area contributed by atoms with Gasteiger partial charge in [-0.1, -0.05) is 11.6 Å². The lowest BCUT2D eigenvalue weighted by Gasteiger charge is -2.21. The van der Waals surface area contributed by atoms with Crippen molar-refractivity contribution in [1.82, 2.24) is 10.3 Å². The lowest BCUT2D eigenvalue weighted by Crippen LogP contribution is -2.29. The standard InChI is InChI=1S/C9H13ClN2S2.ClH/c10-9-12-5-8(14-9)6-13-7-1-3-11-4-2-7;/h5,7,11H,1-4,6H2;1H. The summed E-state index contributed by atoms with van der Waals surface area (Å²) >= 11 is 9.40. The third-order valence-corrected chi connectivity index (χ3v) is 4.99. The summed E-state index contributed by atoms with van der Waals surface area (Å²) in [6.45, 7) is 2.34. The van der Waals surface area contributed by atoms with Crippen molar-refractivity contribution in [2.75, 3.05) is 13.1 Å². The van der Waals surface area contributed by atoms with Gasteiger partial charge >= 0.3 is 0 Å². The SMILES string of the molecule is Cl.Clc1ncc(CSC2CCNCC2)s1. The number of hydrogen-bond donors (Lipinski definition) is 1. The summed E-state index contributed by atoms with van der Waals surface area (Å²) in [5.41, 5.74) is 0. The fraction of sp³-hybridized carbons (Fsp3) is 0.667. The van der Waals surface area contributed by atoms with E-state index in [9.17, 15) is 0 Å². The van der Waals surface area contributed by atoms with Crippen molar-refractivity contribution in [3.63, 3.8) is 0 Å². The van der Waals surface area contributed by atoms with Crippen LogP contribution < -0.4 is 5.32 Å². The highest BCUT2D eigenvalue weighted by Gasteiger charge is 2.13. The molecule has 0 aromatic carbocycles. The van der Waals surface area contributed by atoms with Crippen LogP contribution in [0.4, 0.5) is 0 Å². The summed E-state index contributed by atoms with van der Waals surface area (Å²) in [4.78, 5) is 5.33. The van der Waals surface area contributed by atoms with Gasteiger partial charge in [-0.15, -0.1) is 23.7 Å². The molecule has 2 heterocycles. The van der Waals surface area contributed by atoms with E-state index < -0.39 is 0 Å². The predicted octanol–water partition coefficient (Wildman–Crippen LogP) is 3.20. The molecule has 0 spiro atoms. The number of thiazole rings is 1. The molecule has 1 aliphatic heterocycles. The molecule has 2 rings (SSSR count). The maximum Gasteiger partial charge on any atom is 0.183 e. The zero-order chi connectivity index (χ0) is 9.80. The minimum absolute atomic E-state index is 0. The molecule has 1 aromatic heterocycles. The Balaban J connectivity index is 0.00000112. The summed E-state index contributed by atoms with van der Waals surface area (Å²) in [5.74, 6) is 1.06. The Bertz CT molecular complexity index is 287. The first-order chi connectivity index (χ1) is 6.84. The van der Waals surface area contributed by atoms with E-state index in [1.165, 1.54) is 30.8 Å². The van der Waals surface area contributed by atoms with E-state index >= 15 is 0 Å². The molecule has 0 aliphatic carbocycles. The van der Waals surface area contributed by atoms with Gasteiger partial charge in [0.05, 0.1) is 0 Å². The highest BCUT2D eigenvalue weighted by atomic mass is 35.5. The van der Waals surface area contributed by atoms with E-state index in [2.05, 4.69) is 10.3 Å². The number of rotatable bonds is 3. The number of nitrogens with one attached hydrogen (secondary N) is 1. The monoisotopic (exact) mass is 284 g/mol. The van der Waals surface area contributed by atoms with E-state index in [0.717, 1.165) is 11.0 Å². The fourth-order valence-electron chi connectivity index (χ4n) is 1.51. The Morgan fingerprint density at radius 2 is 2.27 bits per heavy atom. The highest BCUT2D eigenvalue weighted by molar-refractivity contribution is 7.99. The van der Waals surface area contributed by atoms with Crippen LogP contribution in [-0.4, -0.2) is 23.3 Å². The van der Waals surface area contributed by atoms with Gasteiger partial charge in [0.25, 0.3) is 0 Å². The molecular weight excluding hydrogens is 271 g/mol. The van der Waals surface area contributed by atoms with Gasteiger partial charge in [-0.05, 0) is 25.9 Å². The van der Waals surface area contributed by atoms with Crippen LogP contribution >= 0.6 is 47.1 Å². The number of piperidine rings is 1. The van der Waals surface area contributed by atoms with E-state index in [1.54, 1.807) is 11.3 Å². The second-order valence-corrected chi connectivity index (χ2v) is 6.33. The number of aromatic nitrogens is 1. The zero-order valence-electron chi connectivity index (χ0n) is 8.24. The Kier molecular flexibility index (Phi) is 6.31. The summed E-state index contributed by atoms with van der Waals surface area (Å²) in [6.07, 6.45) is 4.47. The molecule has 0 radical (unpaired) electrons. The molecule has 1 aromatic rings. The minimum atomic E-state index is 0.